The number of rotatable bonds is 6. The summed E-state index contributed by atoms with van der Waals surface area (Å²) in [6.07, 6.45) is -3.88. The first-order valence-corrected chi connectivity index (χ1v) is 6.25. The lowest BCUT2D eigenvalue weighted by molar-refractivity contribution is -0.274. The van der Waals surface area contributed by atoms with Crippen LogP contribution in [0.5, 0.6) is 11.5 Å². The van der Waals surface area contributed by atoms with Crippen LogP contribution in [0, 0.1) is 0 Å². The molecule has 112 valence electrons. The van der Waals surface area contributed by atoms with Gasteiger partial charge in [0.1, 0.15) is 17.3 Å². The maximum atomic E-state index is 12.1. The second-order valence-electron chi connectivity index (χ2n) is 3.68. The number of benzene rings is 1. The number of oxime groups is 1. The highest BCUT2D eigenvalue weighted by Crippen LogP contribution is 2.33. The molecule has 0 amide bonds. The van der Waals surface area contributed by atoms with Gasteiger partial charge in [-0.3, -0.25) is 0 Å². The van der Waals surface area contributed by atoms with E-state index in [2.05, 4.69) is 25.8 Å². The minimum Gasteiger partial charge on any atom is -0.494 e. The molecule has 0 aliphatic rings. The first kappa shape index (κ1) is 16.4. The number of halogens is 4. The highest BCUT2D eigenvalue weighted by atomic mass is 79.9. The second-order valence-corrected chi connectivity index (χ2v) is 4.54. The van der Waals surface area contributed by atoms with Gasteiger partial charge in [0.05, 0.1) is 11.1 Å². The maximum absolute atomic E-state index is 12.1. The van der Waals surface area contributed by atoms with E-state index in [4.69, 9.17) is 15.7 Å². The molecule has 5 nitrogen and oxygen atoms in total. The molecule has 0 aliphatic carbocycles. The third kappa shape index (κ3) is 6.00. The molecule has 0 radical (unpaired) electrons. The minimum atomic E-state index is -4.74. The van der Waals surface area contributed by atoms with E-state index in [1.807, 2.05) is 0 Å². The normalized spacial score (nSPS) is 12.3. The molecule has 1 rings (SSSR count). The molecule has 0 saturated carbocycles. The summed E-state index contributed by atoms with van der Waals surface area (Å²) in [7, 11) is 0. The van der Waals surface area contributed by atoms with Crippen LogP contribution in [0.25, 0.3) is 0 Å². The predicted octanol–water partition coefficient (Wildman–Crippen LogP) is 3.25. The summed E-state index contributed by atoms with van der Waals surface area (Å²) < 4.78 is 45.4. The van der Waals surface area contributed by atoms with Crippen LogP contribution in [0.4, 0.5) is 13.2 Å². The van der Waals surface area contributed by atoms with Crippen LogP contribution in [-0.2, 0) is 0 Å². The number of alkyl halides is 3. The molecule has 0 bridgehead atoms. The number of hydrogen-bond acceptors (Lipinski definition) is 4. The molecule has 9 heteroatoms. The van der Waals surface area contributed by atoms with Crippen molar-refractivity contribution in [2.75, 3.05) is 6.61 Å². The van der Waals surface area contributed by atoms with E-state index in [9.17, 15) is 13.2 Å². The fraction of sp³-hybridized carbons (Fsp3) is 0.364. The van der Waals surface area contributed by atoms with Gasteiger partial charge in [0.2, 0.25) is 0 Å². The summed E-state index contributed by atoms with van der Waals surface area (Å²) in [6, 6.07) is 3.87. The Balaban J connectivity index is 2.51. The second kappa shape index (κ2) is 7.22. The van der Waals surface area contributed by atoms with E-state index in [-0.39, 0.29) is 22.7 Å². The molecule has 1 aromatic carbocycles. The van der Waals surface area contributed by atoms with Gasteiger partial charge in [-0.15, -0.1) is 13.2 Å². The van der Waals surface area contributed by atoms with E-state index in [0.717, 1.165) is 6.07 Å². The lowest BCUT2D eigenvalue weighted by Gasteiger charge is -2.12. The Kier molecular flexibility index (Phi) is 5.93. The summed E-state index contributed by atoms with van der Waals surface area (Å²) in [6.45, 7) is 0.280. The molecule has 0 heterocycles. The van der Waals surface area contributed by atoms with E-state index in [1.165, 1.54) is 12.1 Å². The Labute approximate surface area is 121 Å². The number of ether oxygens (including phenoxy) is 2. The summed E-state index contributed by atoms with van der Waals surface area (Å²) in [5.74, 6) is 0.121. The summed E-state index contributed by atoms with van der Waals surface area (Å²) in [5, 5.41) is 11.1. The molecule has 20 heavy (non-hydrogen) atoms. The molecule has 0 aromatic heterocycles. The zero-order valence-corrected chi connectivity index (χ0v) is 11.7. The molecule has 1 aromatic rings. The van der Waals surface area contributed by atoms with Gasteiger partial charge in [0, 0.05) is 6.42 Å². The third-order valence-electron chi connectivity index (χ3n) is 2.10. The first-order valence-electron chi connectivity index (χ1n) is 5.46. The van der Waals surface area contributed by atoms with Crippen molar-refractivity contribution < 1.29 is 27.9 Å². The largest absolute Gasteiger partial charge is 0.573 e. The monoisotopic (exact) mass is 356 g/mol. The highest BCUT2D eigenvalue weighted by molar-refractivity contribution is 9.10. The van der Waals surface area contributed by atoms with Gasteiger partial charge >= 0.3 is 6.36 Å². The fourth-order valence-electron chi connectivity index (χ4n) is 1.27. The van der Waals surface area contributed by atoms with E-state index < -0.39 is 6.36 Å². The third-order valence-corrected chi connectivity index (χ3v) is 2.72. The van der Waals surface area contributed by atoms with Crippen molar-refractivity contribution in [3.05, 3.63) is 22.7 Å². The fourth-order valence-corrected chi connectivity index (χ4v) is 1.71. The van der Waals surface area contributed by atoms with Crippen molar-refractivity contribution in [3.8, 4) is 11.5 Å². The Morgan fingerprint density at radius 2 is 2.10 bits per heavy atom. The maximum Gasteiger partial charge on any atom is 0.573 e. The van der Waals surface area contributed by atoms with Gasteiger partial charge in [-0.1, -0.05) is 5.16 Å². The molecule has 0 fully saturated rings. The van der Waals surface area contributed by atoms with Gasteiger partial charge in [-0.2, -0.15) is 0 Å². The topological polar surface area (TPSA) is 77.1 Å². The number of nitrogens with zero attached hydrogens (tertiary/aromatic N) is 1. The first-order chi connectivity index (χ1) is 9.31. The smallest absolute Gasteiger partial charge is 0.494 e. The Morgan fingerprint density at radius 3 is 2.65 bits per heavy atom. The molecule has 0 aliphatic heterocycles. The van der Waals surface area contributed by atoms with Gasteiger partial charge in [0.15, 0.2) is 0 Å². The van der Waals surface area contributed by atoms with E-state index >= 15 is 0 Å². The molecule has 0 unspecified atom stereocenters. The highest BCUT2D eigenvalue weighted by Gasteiger charge is 2.31. The number of nitrogens with two attached hydrogens (primary N) is 1. The average Bonchev–Trinajstić information content (AvgIpc) is 2.36. The molecular formula is C11H12BrF3N2O3. The van der Waals surface area contributed by atoms with Crippen molar-refractivity contribution in [1.29, 1.82) is 0 Å². The Bertz CT molecular complexity index is 480. The quantitative estimate of drug-likeness (QED) is 0.269. The van der Waals surface area contributed by atoms with Gasteiger partial charge in [0.25, 0.3) is 0 Å². The predicted molar refractivity (Wildman–Crippen MR) is 69.0 cm³/mol. The van der Waals surface area contributed by atoms with Gasteiger partial charge in [-0.05, 0) is 40.5 Å². The average molecular weight is 357 g/mol. The molecule has 0 spiro atoms. The van der Waals surface area contributed by atoms with Gasteiger partial charge < -0.3 is 20.4 Å². The standard InChI is InChI=1S/C11H12BrF3N2O3/c12-8-6-7(19-5-1-2-10(16)17-18)3-4-9(8)20-11(13,14)15/h3-4,6,18H,1-2,5H2,(H2,16,17). The number of hydrogen-bond donors (Lipinski definition) is 2. The summed E-state index contributed by atoms with van der Waals surface area (Å²) in [5.41, 5.74) is 5.27. The lowest BCUT2D eigenvalue weighted by atomic mass is 10.3. The van der Waals surface area contributed by atoms with E-state index in [0.29, 0.717) is 18.6 Å². The zero-order valence-electron chi connectivity index (χ0n) is 10.2. The van der Waals surface area contributed by atoms with Crippen LogP contribution in [0.2, 0.25) is 0 Å². The van der Waals surface area contributed by atoms with Crippen molar-refractivity contribution in [2.24, 2.45) is 10.9 Å². The summed E-state index contributed by atoms with van der Waals surface area (Å²) in [4.78, 5) is 0. The van der Waals surface area contributed by atoms with E-state index in [1.54, 1.807) is 0 Å². The van der Waals surface area contributed by atoms with Crippen molar-refractivity contribution in [1.82, 2.24) is 0 Å². The molecule has 3 N–H and O–H groups in total. The van der Waals surface area contributed by atoms with Crippen LogP contribution in [0.15, 0.2) is 27.8 Å². The van der Waals surface area contributed by atoms with Crippen molar-refractivity contribution in [2.45, 2.75) is 19.2 Å². The molecular weight excluding hydrogens is 345 g/mol. The molecule has 0 saturated heterocycles. The SMILES string of the molecule is N/C(CCCOc1ccc(OC(F)(F)F)c(Br)c1)=N/O. The minimum absolute atomic E-state index is 0.0868. The molecule has 0 atom stereocenters. The van der Waals surface area contributed by atoms with Crippen LogP contribution in [0.3, 0.4) is 0 Å². The Hall–Kier alpha value is -1.64. The van der Waals surface area contributed by atoms with Crippen molar-refractivity contribution in [3.63, 3.8) is 0 Å². The zero-order chi connectivity index (χ0) is 15.2. The van der Waals surface area contributed by atoms with Gasteiger partial charge in [-0.25, -0.2) is 0 Å². The lowest BCUT2D eigenvalue weighted by Crippen LogP contribution is -2.17. The number of amidine groups is 1. The Morgan fingerprint density at radius 1 is 1.40 bits per heavy atom. The van der Waals surface area contributed by atoms with Crippen molar-refractivity contribution >= 4 is 21.8 Å². The van der Waals surface area contributed by atoms with Crippen LogP contribution in [-0.4, -0.2) is 24.0 Å². The van der Waals surface area contributed by atoms with Crippen LogP contribution < -0.4 is 15.2 Å². The van der Waals surface area contributed by atoms with Crippen LogP contribution >= 0.6 is 15.9 Å². The summed E-state index contributed by atoms with van der Waals surface area (Å²) >= 11 is 2.97. The van der Waals surface area contributed by atoms with Crippen LogP contribution in [0.1, 0.15) is 12.8 Å².